The molecule has 0 aromatic rings. The average Bonchev–Trinajstić information content (AvgIpc) is 2.36. The molecule has 2 heterocycles. The lowest BCUT2D eigenvalue weighted by atomic mass is 10.4. The van der Waals surface area contributed by atoms with E-state index in [1.54, 1.807) is 6.20 Å². The number of rotatable bonds is 0. The van der Waals surface area contributed by atoms with Crippen molar-refractivity contribution < 1.29 is 0 Å². The fourth-order valence-corrected chi connectivity index (χ4v) is 1.36. The summed E-state index contributed by atoms with van der Waals surface area (Å²) in [5.41, 5.74) is 0.343. The van der Waals surface area contributed by atoms with E-state index >= 15 is 0 Å². The second kappa shape index (κ2) is 1.88. The van der Waals surface area contributed by atoms with Crippen LogP contribution >= 0.6 is 11.5 Å². The first-order valence-corrected chi connectivity index (χ1v) is 3.47. The Morgan fingerprint density at radius 1 is 1.50 bits per heavy atom. The minimum absolute atomic E-state index is 0.220. The van der Waals surface area contributed by atoms with Crippen molar-refractivity contribution in [3.05, 3.63) is 22.9 Å². The predicted molar refractivity (Wildman–Crippen MR) is 37.2 cm³/mol. The number of hydrogen-bond acceptors (Lipinski definition) is 4. The van der Waals surface area contributed by atoms with Crippen LogP contribution in [0, 0.1) is 0 Å². The van der Waals surface area contributed by atoms with Crippen LogP contribution in [0.2, 0.25) is 0 Å². The molecule has 0 fully saturated rings. The van der Waals surface area contributed by atoms with E-state index in [4.69, 9.17) is 0 Å². The number of nitrogens with one attached hydrogen (secondary N) is 1. The maximum absolute atomic E-state index is 10.9. The van der Waals surface area contributed by atoms with Gasteiger partial charge in [-0.1, -0.05) is 0 Å². The van der Waals surface area contributed by atoms with Gasteiger partial charge in [0.15, 0.2) is 0 Å². The highest BCUT2D eigenvalue weighted by Crippen LogP contribution is 2.16. The number of nitrogens with zero attached hydrogens (tertiary/aromatic N) is 2. The summed E-state index contributed by atoms with van der Waals surface area (Å²) in [6, 6.07) is 0. The Balaban J connectivity index is 2.93. The van der Waals surface area contributed by atoms with Gasteiger partial charge in [0, 0.05) is 6.20 Å². The molecule has 10 heavy (non-hydrogen) atoms. The second-order valence-corrected chi connectivity index (χ2v) is 2.59. The summed E-state index contributed by atoms with van der Waals surface area (Å²) >= 11 is 1.33. The van der Waals surface area contributed by atoms with Gasteiger partial charge >= 0.3 is 0 Å². The highest BCUT2D eigenvalue weighted by atomic mass is 32.1. The lowest BCUT2D eigenvalue weighted by Gasteiger charge is -1.86. The van der Waals surface area contributed by atoms with Crippen LogP contribution in [0.15, 0.2) is 17.3 Å². The number of aromatic amines is 1. The van der Waals surface area contributed by atoms with E-state index in [1.807, 2.05) is 0 Å². The van der Waals surface area contributed by atoms with Crippen molar-refractivity contribution in [1.82, 2.24) is 14.3 Å². The van der Waals surface area contributed by atoms with Crippen LogP contribution in [0.4, 0.5) is 0 Å². The summed E-state index contributed by atoms with van der Waals surface area (Å²) in [5, 5.41) is 0.708. The Labute approximate surface area is 60.1 Å². The van der Waals surface area contributed by atoms with Crippen molar-refractivity contribution in [2.24, 2.45) is 0 Å². The summed E-state index contributed by atoms with van der Waals surface area (Å²) in [6.07, 6.45) is 2.89. The van der Waals surface area contributed by atoms with Gasteiger partial charge in [-0.2, -0.15) is 4.98 Å². The van der Waals surface area contributed by atoms with Gasteiger partial charge in [-0.3, -0.25) is 4.79 Å². The Bertz CT molecular complexity index is 365. The van der Waals surface area contributed by atoms with Gasteiger partial charge in [0.05, 0.1) is 5.56 Å². The molecule has 2 aliphatic rings. The van der Waals surface area contributed by atoms with Crippen LogP contribution in [0.1, 0.15) is 0 Å². The predicted octanol–water partition coefficient (Wildman–Crippen LogP) is 0.331. The molecule has 0 radical (unpaired) electrons. The molecule has 0 bridgehead atoms. The third kappa shape index (κ3) is 0.640. The highest BCUT2D eigenvalue weighted by molar-refractivity contribution is 7.09. The van der Waals surface area contributed by atoms with E-state index in [0.717, 1.165) is 0 Å². The normalized spacial score (nSPS) is 10.4. The van der Waals surface area contributed by atoms with Crippen molar-refractivity contribution in [2.45, 2.75) is 0 Å². The van der Waals surface area contributed by atoms with Crippen molar-refractivity contribution >= 4 is 11.5 Å². The van der Waals surface area contributed by atoms with E-state index in [1.165, 1.54) is 17.9 Å². The molecule has 0 spiro atoms. The van der Waals surface area contributed by atoms with E-state index in [2.05, 4.69) is 14.3 Å². The second-order valence-electron chi connectivity index (χ2n) is 1.76. The Morgan fingerprint density at radius 2 is 2.40 bits per heavy atom. The molecule has 0 aromatic heterocycles. The Kier molecular flexibility index (Phi) is 1.04. The SMILES string of the molecule is O=c1ncnc2s[nH]cc1-2. The van der Waals surface area contributed by atoms with Crippen molar-refractivity contribution in [3.63, 3.8) is 0 Å². The molecular formula is C5H3N3OS. The molecule has 2 rings (SSSR count). The van der Waals surface area contributed by atoms with Gasteiger partial charge in [0.25, 0.3) is 5.56 Å². The largest absolute Gasteiger partial charge is 0.316 e. The molecule has 4 nitrogen and oxygen atoms in total. The van der Waals surface area contributed by atoms with Crippen molar-refractivity contribution in [2.75, 3.05) is 0 Å². The summed E-state index contributed by atoms with van der Waals surface area (Å²) in [4.78, 5) is 18.3. The zero-order chi connectivity index (χ0) is 6.97. The summed E-state index contributed by atoms with van der Waals surface area (Å²) in [7, 11) is 0. The standard InChI is InChI=1S/C5H3N3OS/c9-4-3-1-8-10-5(3)7-2-6-4/h1-2,8H. The van der Waals surface area contributed by atoms with Crippen LogP contribution in [0.5, 0.6) is 0 Å². The first kappa shape index (κ1) is 5.55. The molecule has 5 heteroatoms. The van der Waals surface area contributed by atoms with E-state index in [-0.39, 0.29) is 5.56 Å². The number of hydrogen-bond donors (Lipinski definition) is 1. The summed E-state index contributed by atoms with van der Waals surface area (Å²) < 4.78 is 2.82. The van der Waals surface area contributed by atoms with Crippen LogP contribution in [-0.4, -0.2) is 14.3 Å². The molecule has 0 aromatic carbocycles. The molecule has 0 saturated carbocycles. The molecule has 2 aliphatic heterocycles. The maximum Gasteiger partial charge on any atom is 0.283 e. The third-order valence-electron chi connectivity index (χ3n) is 1.17. The van der Waals surface area contributed by atoms with E-state index in [9.17, 15) is 4.79 Å². The fraction of sp³-hybridized carbons (Fsp3) is 0. The van der Waals surface area contributed by atoms with Gasteiger partial charge < -0.3 is 4.37 Å². The van der Waals surface area contributed by atoms with Gasteiger partial charge in [0.1, 0.15) is 11.3 Å². The monoisotopic (exact) mass is 153 g/mol. The third-order valence-corrected chi connectivity index (χ3v) is 1.92. The van der Waals surface area contributed by atoms with E-state index < -0.39 is 0 Å². The smallest absolute Gasteiger partial charge is 0.283 e. The average molecular weight is 153 g/mol. The zero-order valence-corrected chi connectivity index (χ0v) is 5.68. The van der Waals surface area contributed by atoms with Crippen molar-refractivity contribution in [1.29, 1.82) is 0 Å². The first-order valence-electron chi connectivity index (χ1n) is 2.65. The lowest BCUT2D eigenvalue weighted by Crippen LogP contribution is -2.07. The van der Waals surface area contributed by atoms with Gasteiger partial charge in [-0.05, 0) is 11.5 Å². The summed E-state index contributed by atoms with van der Waals surface area (Å²) in [5.74, 6) is 0. The van der Waals surface area contributed by atoms with Crippen LogP contribution in [-0.2, 0) is 0 Å². The fourth-order valence-electron chi connectivity index (χ4n) is 0.713. The van der Waals surface area contributed by atoms with Crippen LogP contribution in [0.25, 0.3) is 10.6 Å². The maximum atomic E-state index is 10.9. The topological polar surface area (TPSA) is 58.6 Å². The molecule has 0 unspecified atom stereocenters. The van der Waals surface area contributed by atoms with E-state index in [0.29, 0.717) is 10.6 Å². The number of fused-ring (bicyclic) bond motifs is 1. The minimum atomic E-state index is -0.220. The van der Waals surface area contributed by atoms with Crippen molar-refractivity contribution in [3.8, 4) is 10.6 Å². The van der Waals surface area contributed by atoms with Crippen LogP contribution < -0.4 is 5.56 Å². The lowest BCUT2D eigenvalue weighted by molar-refractivity contribution is 1.13. The first-order chi connectivity index (χ1) is 4.88. The molecule has 0 aliphatic carbocycles. The number of aromatic nitrogens is 3. The molecule has 0 amide bonds. The molecule has 0 saturated heterocycles. The number of H-pyrrole nitrogens is 1. The van der Waals surface area contributed by atoms with Crippen LogP contribution in [0.3, 0.4) is 0 Å². The molecule has 1 N–H and O–H groups in total. The molecule has 0 atom stereocenters. The van der Waals surface area contributed by atoms with Gasteiger partial charge in [-0.25, -0.2) is 4.98 Å². The quantitative estimate of drug-likeness (QED) is 0.593. The molecular weight excluding hydrogens is 150 g/mol. The zero-order valence-electron chi connectivity index (χ0n) is 4.87. The van der Waals surface area contributed by atoms with Gasteiger partial charge in [-0.15, -0.1) is 0 Å². The Hall–Kier alpha value is -1.23. The molecule has 50 valence electrons. The minimum Gasteiger partial charge on any atom is -0.316 e. The Morgan fingerprint density at radius 3 is 3.20 bits per heavy atom. The highest BCUT2D eigenvalue weighted by Gasteiger charge is 2.07. The van der Waals surface area contributed by atoms with Gasteiger partial charge in [0.2, 0.25) is 0 Å². The summed E-state index contributed by atoms with van der Waals surface area (Å²) in [6.45, 7) is 0.